The molecule has 3 nitrogen and oxygen atoms in total. The highest BCUT2D eigenvalue weighted by Crippen LogP contribution is 2.19. The molecule has 0 spiro atoms. The molecule has 0 saturated carbocycles. The maximum absolute atomic E-state index is 12.2. The molecule has 1 unspecified atom stereocenters. The zero-order valence-electron chi connectivity index (χ0n) is 20.6. The molecule has 0 aliphatic carbocycles. The molecule has 0 aromatic carbocycles. The molecule has 1 aliphatic heterocycles. The summed E-state index contributed by atoms with van der Waals surface area (Å²) in [6.07, 6.45) is 25.1. The number of hydrogen-bond acceptors (Lipinski definition) is 2. The van der Waals surface area contributed by atoms with Crippen molar-refractivity contribution in [2.45, 2.75) is 136 Å². The summed E-state index contributed by atoms with van der Waals surface area (Å²) in [6, 6.07) is 0. The lowest BCUT2D eigenvalue weighted by Gasteiger charge is -2.16. The van der Waals surface area contributed by atoms with Crippen LogP contribution in [0.15, 0.2) is 0 Å². The Hall–Kier alpha value is -0.570. The fourth-order valence-corrected chi connectivity index (χ4v) is 4.56. The summed E-state index contributed by atoms with van der Waals surface area (Å²) in [5.74, 6) is 0.777. The average molecular weight is 424 g/mol. The molecule has 0 radical (unpaired) electrons. The number of carbonyl (C=O) groups excluding carboxylic acids is 1. The first-order valence-electron chi connectivity index (χ1n) is 13.6. The van der Waals surface area contributed by atoms with Crippen molar-refractivity contribution in [3.05, 3.63) is 0 Å². The van der Waals surface area contributed by atoms with Gasteiger partial charge in [-0.1, -0.05) is 117 Å². The lowest BCUT2D eigenvalue weighted by Crippen LogP contribution is -2.26. The zero-order valence-corrected chi connectivity index (χ0v) is 20.6. The van der Waals surface area contributed by atoms with Crippen molar-refractivity contribution in [2.75, 3.05) is 26.3 Å². The summed E-state index contributed by atoms with van der Waals surface area (Å²) in [5, 5.41) is 0. The summed E-state index contributed by atoms with van der Waals surface area (Å²) in [6.45, 7) is 8.04. The van der Waals surface area contributed by atoms with Crippen LogP contribution in [0.3, 0.4) is 0 Å². The summed E-state index contributed by atoms with van der Waals surface area (Å²) in [7, 11) is 0. The van der Waals surface area contributed by atoms with Crippen LogP contribution in [0.2, 0.25) is 0 Å². The third kappa shape index (κ3) is 15.3. The molecule has 1 amide bonds. The van der Waals surface area contributed by atoms with E-state index in [0.29, 0.717) is 18.2 Å². The van der Waals surface area contributed by atoms with Crippen LogP contribution in [0.1, 0.15) is 136 Å². The lowest BCUT2D eigenvalue weighted by molar-refractivity contribution is -0.127. The largest absolute Gasteiger partial charge is 0.381 e. The molecule has 1 fully saturated rings. The van der Waals surface area contributed by atoms with Gasteiger partial charge in [0.1, 0.15) is 0 Å². The van der Waals surface area contributed by atoms with Crippen molar-refractivity contribution in [3.8, 4) is 0 Å². The number of ether oxygens (including phenoxy) is 1. The Morgan fingerprint density at radius 2 is 1.17 bits per heavy atom. The van der Waals surface area contributed by atoms with E-state index in [-0.39, 0.29) is 0 Å². The summed E-state index contributed by atoms with van der Waals surface area (Å²) >= 11 is 0. The Labute approximate surface area is 188 Å². The van der Waals surface area contributed by atoms with Crippen LogP contribution in [0.5, 0.6) is 0 Å². The van der Waals surface area contributed by atoms with Gasteiger partial charge in [-0.25, -0.2) is 0 Å². The first-order chi connectivity index (χ1) is 14.8. The van der Waals surface area contributed by atoms with Crippen LogP contribution in [-0.4, -0.2) is 37.1 Å². The molecule has 3 heteroatoms. The molecule has 1 saturated heterocycles. The fourth-order valence-electron chi connectivity index (χ4n) is 4.56. The minimum Gasteiger partial charge on any atom is -0.381 e. The van der Waals surface area contributed by atoms with Gasteiger partial charge < -0.3 is 9.64 Å². The molecular weight excluding hydrogens is 370 g/mol. The third-order valence-corrected chi connectivity index (χ3v) is 6.57. The van der Waals surface area contributed by atoms with Crippen LogP contribution in [0.4, 0.5) is 0 Å². The number of rotatable bonds is 22. The number of nitrogens with zero attached hydrogens (tertiary/aromatic N) is 1. The second-order valence-corrected chi connectivity index (χ2v) is 9.64. The average Bonchev–Trinajstić information content (AvgIpc) is 3.10. The molecule has 1 atom stereocenters. The zero-order chi connectivity index (χ0) is 21.7. The van der Waals surface area contributed by atoms with Crippen molar-refractivity contribution in [1.82, 2.24) is 4.90 Å². The number of amides is 1. The van der Waals surface area contributed by atoms with Crippen LogP contribution in [-0.2, 0) is 9.53 Å². The van der Waals surface area contributed by atoms with Crippen molar-refractivity contribution in [1.29, 1.82) is 0 Å². The molecule has 0 bridgehead atoms. The van der Waals surface area contributed by atoms with E-state index in [1.807, 2.05) is 0 Å². The smallest absolute Gasteiger partial charge is 0.223 e. The fraction of sp³-hybridized carbons (Fsp3) is 0.963. The monoisotopic (exact) mass is 423 g/mol. The van der Waals surface area contributed by atoms with Gasteiger partial charge in [0.05, 0.1) is 6.61 Å². The summed E-state index contributed by atoms with van der Waals surface area (Å²) < 4.78 is 5.81. The van der Waals surface area contributed by atoms with Gasteiger partial charge in [0, 0.05) is 32.0 Å². The minimum absolute atomic E-state index is 0.351. The first kappa shape index (κ1) is 27.5. The molecule has 1 rings (SSSR count). The predicted octanol–water partition coefficient (Wildman–Crippen LogP) is 7.91. The van der Waals surface area contributed by atoms with Crippen molar-refractivity contribution >= 4 is 5.91 Å². The van der Waals surface area contributed by atoms with Crippen molar-refractivity contribution in [2.24, 2.45) is 5.92 Å². The topological polar surface area (TPSA) is 29.5 Å². The van der Waals surface area contributed by atoms with E-state index < -0.39 is 0 Å². The highest BCUT2D eigenvalue weighted by Gasteiger charge is 2.28. The van der Waals surface area contributed by atoms with E-state index in [4.69, 9.17) is 4.74 Å². The number of hydrogen-bond donors (Lipinski definition) is 0. The Bertz CT molecular complexity index is 385. The third-order valence-electron chi connectivity index (χ3n) is 6.57. The SMILES string of the molecule is CCCCCCCCCCCCCCCCN1CC(COCCCCCC)CC1=O. The van der Waals surface area contributed by atoms with Gasteiger partial charge in [-0.15, -0.1) is 0 Å². The Morgan fingerprint density at radius 1 is 0.700 bits per heavy atom. The van der Waals surface area contributed by atoms with Crippen LogP contribution >= 0.6 is 0 Å². The van der Waals surface area contributed by atoms with E-state index in [1.165, 1.54) is 109 Å². The maximum atomic E-state index is 12.2. The number of carbonyl (C=O) groups is 1. The molecule has 30 heavy (non-hydrogen) atoms. The van der Waals surface area contributed by atoms with Gasteiger partial charge in [-0.05, 0) is 12.8 Å². The predicted molar refractivity (Wildman–Crippen MR) is 130 cm³/mol. The molecule has 0 aromatic heterocycles. The van der Waals surface area contributed by atoms with E-state index in [2.05, 4.69) is 18.7 Å². The highest BCUT2D eigenvalue weighted by atomic mass is 16.5. The molecule has 178 valence electrons. The summed E-state index contributed by atoms with van der Waals surface area (Å²) in [5.41, 5.74) is 0. The normalized spacial score (nSPS) is 16.7. The van der Waals surface area contributed by atoms with Crippen LogP contribution < -0.4 is 0 Å². The second-order valence-electron chi connectivity index (χ2n) is 9.64. The Kier molecular flexibility index (Phi) is 18.6. The lowest BCUT2D eigenvalue weighted by atomic mass is 10.0. The minimum atomic E-state index is 0.351. The van der Waals surface area contributed by atoms with E-state index in [0.717, 1.165) is 32.7 Å². The molecule has 0 aromatic rings. The number of likely N-dealkylation sites (tertiary alicyclic amines) is 1. The van der Waals surface area contributed by atoms with Crippen molar-refractivity contribution < 1.29 is 9.53 Å². The van der Waals surface area contributed by atoms with Gasteiger partial charge in [-0.3, -0.25) is 4.79 Å². The highest BCUT2D eigenvalue weighted by molar-refractivity contribution is 5.78. The van der Waals surface area contributed by atoms with Gasteiger partial charge in [0.15, 0.2) is 0 Å². The second kappa shape index (κ2) is 20.3. The van der Waals surface area contributed by atoms with E-state index in [1.54, 1.807) is 0 Å². The van der Waals surface area contributed by atoms with Gasteiger partial charge >= 0.3 is 0 Å². The van der Waals surface area contributed by atoms with Gasteiger partial charge in [0.25, 0.3) is 0 Å². The molecular formula is C27H53NO2. The molecule has 1 aliphatic rings. The maximum Gasteiger partial charge on any atom is 0.223 e. The van der Waals surface area contributed by atoms with Crippen LogP contribution in [0, 0.1) is 5.92 Å². The standard InChI is InChI=1S/C27H53NO2/c1-3-5-7-9-10-11-12-13-14-15-16-17-18-19-21-28-24-26(23-27(28)29)25-30-22-20-8-6-4-2/h26H,3-25H2,1-2H3. The molecule has 0 N–H and O–H groups in total. The quantitative estimate of drug-likeness (QED) is 0.166. The first-order valence-corrected chi connectivity index (χ1v) is 13.6. The number of unbranched alkanes of at least 4 members (excludes halogenated alkanes) is 16. The molecule has 1 heterocycles. The van der Waals surface area contributed by atoms with Gasteiger partial charge in [0.2, 0.25) is 5.91 Å². The summed E-state index contributed by atoms with van der Waals surface area (Å²) in [4.78, 5) is 14.3. The Balaban J connectivity index is 1.85. The van der Waals surface area contributed by atoms with E-state index >= 15 is 0 Å². The van der Waals surface area contributed by atoms with Crippen LogP contribution in [0.25, 0.3) is 0 Å². The Morgan fingerprint density at radius 3 is 1.70 bits per heavy atom. The van der Waals surface area contributed by atoms with Gasteiger partial charge in [-0.2, -0.15) is 0 Å². The van der Waals surface area contributed by atoms with E-state index in [9.17, 15) is 4.79 Å². The van der Waals surface area contributed by atoms with Crippen molar-refractivity contribution in [3.63, 3.8) is 0 Å².